The number of aliphatic hydroxyl groups excluding tert-OH is 1. The first kappa shape index (κ1) is 28.5. The van der Waals surface area contributed by atoms with Gasteiger partial charge in [-0.2, -0.15) is 0 Å². The number of aliphatic hydroxyl groups is 1. The van der Waals surface area contributed by atoms with Crippen LogP contribution in [0.4, 0.5) is 5.69 Å². The summed E-state index contributed by atoms with van der Waals surface area (Å²) in [7, 11) is 0. The summed E-state index contributed by atoms with van der Waals surface area (Å²) in [5.74, 6) is 2.15. The number of hydrogen-bond acceptors (Lipinski definition) is 6. The van der Waals surface area contributed by atoms with Gasteiger partial charge in [0.15, 0.2) is 11.5 Å². The Hall–Kier alpha value is -3.03. The Bertz CT molecular complexity index is 1160. The zero-order chi connectivity index (χ0) is 28.1. The number of unbranched alkanes of at least 4 members (excludes halogenated alkanes) is 2. The highest BCUT2D eigenvalue weighted by Crippen LogP contribution is 2.43. The highest BCUT2D eigenvalue weighted by atomic mass is 16.7. The minimum Gasteiger partial charge on any atom is -0.454 e. The molecule has 2 aromatic carbocycles. The van der Waals surface area contributed by atoms with Crippen LogP contribution in [0.1, 0.15) is 63.0 Å². The van der Waals surface area contributed by atoms with E-state index in [4.69, 9.17) is 9.47 Å². The van der Waals surface area contributed by atoms with Crippen LogP contribution in [-0.4, -0.2) is 72.6 Å². The van der Waals surface area contributed by atoms with Gasteiger partial charge < -0.3 is 24.4 Å². The van der Waals surface area contributed by atoms with E-state index >= 15 is 0 Å². The minimum absolute atomic E-state index is 0.135. The van der Waals surface area contributed by atoms with Crippen LogP contribution in [-0.2, 0) is 11.2 Å². The average molecular weight is 548 g/mol. The predicted molar refractivity (Wildman–Crippen MR) is 159 cm³/mol. The zero-order valence-corrected chi connectivity index (χ0v) is 24.1. The van der Waals surface area contributed by atoms with Crippen LogP contribution in [0.3, 0.4) is 0 Å². The fraction of sp³-hybridized carbons (Fsp3) is 0.545. The van der Waals surface area contributed by atoms with Gasteiger partial charge in [-0.1, -0.05) is 57.0 Å². The number of likely N-dealkylation sites (tertiary alicyclic amines) is 1. The molecule has 40 heavy (non-hydrogen) atoms. The third-order valence-electron chi connectivity index (χ3n) is 8.89. The van der Waals surface area contributed by atoms with Gasteiger partial charge in [-0.15, -0.1) is 6.58 Å². The Morgan fingerprint density at radius 3 is 2.60 bits per heavy atom. The van der Waals surface area contributed by atoms with Crippen molar-refractivity contribution in [2.24, 2.45) is 5.92 Å². The van der Waals surface area contributed by atoms with Crippen LogP contribution in [0.2, 0.25) is 0 Å². The van der Waals surface area contributed by atoms with Crippen molar-refractivity contribution in [3.05, 3.63) is 66.2 Å². The van der Waals surface area contributed by atoms with Gasteiger partial charge in [0.1, 0.15) is 6.23 Å². The van der Waals surface area contributed by atoms with Gasteiger partial charge in [-0.3, -0.25) is 9.69 Å². The molecule has 0 bridgehead atoms. The number of ether oxygens (including phenoxy) is 2. The first-order chi connectivity index (χ1) is 19.5. The predicted octanol–water partition coefficient (Wildman–Crippen LogP) is 5.19. The maximum atomic E-state index is 13.7. The van der Waals surface area contributed by atoms with E-state index in [-0.39, 0.29) is 30.6 Å². The van der Waals surface area contributed by atoms with Crippen molar-refractivity contribution in [3.63, 3.8) is 0 Å². The molecule has 0 spiro atoms. The van der Waals surface area contributed by atoms with E-state index < -0.39 is 6.23 Å². The summed E-state index contributed by atoms with van der Waals surface area (Å²) in [6.45, 7) is 12.4. The van der Waals surface area contributed by atoms with Gasteiger partial charge in [-0.05, 0) is 48.6 Å². The van der Waals surface area contributed by atoms with Crippen LogP contribution in [0.25, 0.3) is 0 Å². The Balaban J connectivity index is 1.38. The Morgan fingerprint density at radius 2 is 1.85 bits per heavy atom. The molecule has 0 radical (unpaired) electrons. The molecule has 1 fully saturated rings. The second-order valence-electron chi connectivity index (χ2n) is 11.4. The SMILES string of the molecule is C=C[C@@H]1[C@@H](c2ccc3c(c2)OCO3)CN(CC(=O)N(CCCC)CCCC)[C@H]1CCN1c2ccccc2CC1O. The third-order valence-corrected chi connectivity index (χ3v) is 8.89. The van der Waals surface area contributed by atoms with E-state index in [9.17, 15) is 9.90 Å². The molecule has 3 aliphatic rings. The molecule has 0 aliphatic carbocycles. The van der Waals surface area contributed by atoms with E-state index in [0.29, 0.717) is 13.0 Å². The number of anilines is 1. The number of amides is 1. The summed E-state index contributed by atoms with van der Waals surface area (Å²) < 4.78 is 11.3. The molecule has 0 saturated carbocycles. The summed E-state index contributed by atoms with van der Waals surface area (Å²) in [6.07, 6.45) is 7.25. The minimum atomic E-state index is -0.515. The van der Waals surface area contributed by atoms with Crippen LogP contribution in [0.5, 0.6) is 11.5 Å². The summed E-state index contributed by atoms with van der Waals surface area (Å²) in [4.78, 5) is 20.3. The van der Waals surface area contributed by atoms with Crippen LogP contribution < -0.4 is 14.4 Å². The van der Waals surface area contributed by atoms with Crippen molar-refractivity contribution in [2.45, 2.75) is 70.6 Å². The molecule has 216 valence electrons. The van der Waals surface area contributed by atoms with Crippen molar-refractivity contribution in [1.82, 2.24) is 9.80 Å². The van der Waals surface area contributed by atoms with E-state index in [2.05, 4.69) is 65.5 Å². The molecule has 4 atom stereocenters. The number of carbonyl (C=O) groups is 1. The normalized spacial score (nSPS) is 23.4. The molecule has 3 aliphatic heterocycles. The van der Waals surface area contributed by atoms with E-state index in [1.165, 1.54) is 11.1 Å². The maximum absolute atomic E-state index is 13.7. The molecule has 5 rings (SSSR count). The first-order valence-corrected chi connectivity index (χ1v) is 15.1. The van der Waals surface area contributed by atoms with Gasteiger partial charge >= 0.3 is 0 Å². The number of nitrogens with zero attached hydrogens (tertiary/aromatic N) is 3. The summed E-state index contributed by atoms with van der Waals surface area (Å²) in [5, 5.41) is 10.9. The Kier molecular flexibility index (Phi) is 9.33. The van der Waals surface area contributed by atoms with Gasteiger partial charge in [0.2, 0.25) is 12.7 Å². The fourth-order valence-corrected chi connectivity index (χ4v) is 6.68. The van der Waals surface area contributed by atoms with Crippen molar-refractivity contribution < 1.29 is 19.4 Å². The van der Waals surface area contributed by atoms with Crippen LogP contribution >= 0.6 is 0 Å². The molecule has 1 unspecified atom stereocenters. The molecule has 0 aromatic heterocycles. The van der Waals surface area contributed by atoms with Gasteiger partial charge in [0.05, 0.1) is 6.54 Å². The maximum Gasteiger partial charge on any atom is 0.236 e. The van der Waals surface area contributed by atoms with E-state index in [0.717, 1.165) is 75.5 Å². The van der Waals surface area contributed by atoms with Crippen LogP contribution in [0, 0.1) is 5.92 Å². The van der Waals surface area contributed by atoms with Gasteiger partial charge in [-0.25, -0.2) is 0 Å². The number of rotatable bonds is 13. The number of hydrogen-bond donors (Lipinski definition) is 1. The average Bonchev–Trinajstić information content (AvgIpc) is 3.66. The van der Waals surface area contributed by atoms with Crippen molar-refractivity contribution in [3.8, 4) is 11.5 Å². The van der Waals surface area contributed by atoms with Gasteiger partial charge in [0, 0.05) is 56.2 Å². The zero-order valence-electron chi connectivity index (χ0n) is 24.1. The van der Waals surface area contributed by atoms with Crippen molar-refractivity contribution in [1.29, 1.82) is 0 Å². The molecule has 1 N–H and O–H groups in total. The second-order valence-corrected chi connectivity index (χ2v) is 11.4. The van der Waals surface area contributed by atoms with Crippen molar-refractivity contribution >= 4 is 11.6 Å². The molecule has 1 saturated heterocycles. The largest absolute Gasteiger partial charge is 0.454 e. The molecule has 7 nitrogen and oxygen atoms in total. The third kappa shape index (κ3) is 6.01. The number of carbonyl (C=O) groups excluding carboxylic acids is 1. The Labute approximate surface area is 239 Å². The standard InChI is InChI=1S/C33H45N3O4/c1-4-7-16-34(17-8-5-2)33(38)22-35-21-27(24-13-14-30-31(19-24)40-23-39-30)26(6-3)29(35)15-18-36-28-12-10-9-11-25(28)20-32(36)37/h6,9-14,19,26-27,29,32,37H,3-5,7-8,15-18,20-23H2,1-2H3/t26-,27-,29+,32?/m1/s1. The highest BCUT2D eigenvalue weighted by Gasteiger charge is 2.42. The number of fused-ring (bicyclic) bond motifs is 2. The van der Waals surface area contributed by atoms with Crippen molar-refractivity contribution in [2.75, 3.05) is 44.4 Å². The lowest BCUT2D eigenvalue weighted by atomic mass is 9.84. The fourth-order valence-electron chi connectivity index (χ4n) is 6.68. The molecule has 7 heteroatoms. The monoisotopic (exact) mass is 547 g/mol. The molecular weight excluding hydrogens is 502 g/mol. The summed E-state index contributed by atoms with van der Waals surface area (Å²) >= 11 is 0. The van der Waals surface area contributed by atoms with E-state index in [1.807, 2.05) is 18.2 Å². The highest BCUT2D eigenvalue weighted by molar-refractivity contribution is 5.78. The molecular formula is C33H45N3O4. The quantitative estimate of drug-likeness (QED) is 0.349. The lowest BCUT2D eigenvalue weighted by Crippen LogP contribution is -2.45. The number of benzene rings is 2. The molecule has 3 heterocycles. The Morgan fingerprint density at radius 1 is 1.10 bits per heavy atom. The number of para-hydroxylation sites is 1. The topological polar surface area (TPSA) is 65.5 Å². The van der Waals surface area contributed by atoms with Gasteiger partial charge in [0.25, 0.3) is 0 Å². The second kappa shape index (κ2) is 13.1. The lowest BCUT2D eigenvalue weighted by Gasteiger charge is -2.32. The smallest absolute Gasteiger partial charge is 0.236 e. The first-order valence-electron chi connectivity index (χ1n) is 15.1. The molecule has 2 aromatic rings. The van der Waals surface area contributed by atoms with E-state index in [1.54, 1.807) is 0 Å². The summed E-state index contributed by atoms with van der Waals surface area (Å²) in [6, 6.07) is 14.6. The summed E-state index contributed by atoms with van der Waals surface area (Å²) in [5.41, 5.74) is 3.49. The van der Waals surface area contributed by atoms with Crippen LogP contribution in [0.15, 0.2) is 55.1 Å². The lowest BCUT2D eigenvalue weighted by molar-refractivity contribution is -0.132. The molecule has 1 amide bonds.